The van der Waals surface area contributed by atoms with Gasteiger partial charge in [-0.1, -0.05) is 55.5 Å². The quantitative estimate of drug-likeness (QED) is 0.419. The lowest BCUT2D eigenvalue weighted by molar-refractivity contribution is -0.144. The van der Waals surface area contributed by atoms with Crippen molar-refractivity contribution < 1.29 is 33.8 Å². The van der Waals surface area contributed by atoms with E-state index in [-0.39, 0.29) is 31.8 Å². The number of hydrogen-bond donors (Lipinski definition) is 3. The van der Waals surface area contributed by atoms with Gasteiger partial charge >= 0.3 is 18.0 Å². The largest absolute Gasteiger partial charge is 0.480 e. The van der Waals surface area contributed by atoms with Crippen molar-refractivity contribution in [3.05, 3.63) is 59.7 Å². The van der Waals surface area contributed by atoms with Crippen molar-refractivity contribution in [2.45, 2.75) is 50.6 Å². The second-order valence-corrected chi connectivity index (χ2v) is 8.35. The van der Waals surface area contributed by atoms with Crippen molar-refractivity contribution in [3.63, 3.8) is 0 Å². The molecule has 9 nitrogen and oxygen atoms in total. The Balaban J connectivity index is 1.53. The Hall–Kier alpha value is -3.88. The average Bonchev–Trinajstić information content (AvgIpc) is 3.18. The van der Waals surface area contributed by atoms with E-state index in [4.69, 9.17) is 4.74 Å². The van der Waals surface area contributed by atoms with E-state index in [0.29, 0.717) is 6.42 Å². The number of nitrogens with one attached hydrogen (secondary N) is 2. The zero-order valence-corrected chi connectivity index (χ0v) is 19.8. The van der Waals surface area contributed by atoms with Crippen LogP contribution in [0.15, 0.2) is 48.5 Å². The van der Waals surface area contributed by atoms with Gasteiger partial charge in [-0.2, -0.15) is 0 Å². The van der Waals surface area contributed by atoms with Gasteiger partial charge in [-0.15, -0.1) is 0 Å². The van der Waals surface area contributed by atoms with Crippen LogP contribution in [0.5, 0.6) is 0 Å². The summed E-state index contributed by atoms with van der Waals surface area (Å²) in [5.41, 5.74) is 4.44. The van der Waals surface area contributed by atoms with E-state index in [1.54, 1.807) is 6.92 Å². The number of ether oxygens (including phenoxy) is 2. The first-order valence-electron chi connectivity index (χ1n) is 11.5. The van der Waals surface area contributed by atoms with Gasteiger partial charge in [-0.25, -0.2) is 9.59 Å². The molecule has 1 aliphatic carbocycles. The number of methoxy groups -OCH3 is 1. The minimum Gasteiger partial charge on any atom is -0.480 e. The van der Waals surface area contributed by atoms with Crippen LogP contribution in [0.25, 0.3) is 11.1 Å². The van der Waals surface area contributed by atoms with E-state index in [1.165, 1.54) is 7.11 Å². The van der Waals surface area contributed by atoms with Gasteiger partial charge in [0, 0.05) is 24.8 Å². The zero-order valence-electron chi connectivity index (χ0n) is 19.8. The van der Waals surface area contributed by atoms with Crippen LogP contribution in [0.4, 0.5) is 4.79 Å². The Morgan fingerprint density at radius 3 is 2.11 bits per heavy atom. The molecule has 186 valence electrons. The third kappa shape index (κ3) is 6.59. The van der Waals surface area contributed by atoms with Gasteiger partial charge in [0.2, 0.25) is 5.91 Å². The molecular formula is C26H30N2O7. The summed E-state index contributed by atoms with van der Waals surface area (Å²) in [7, 11) is 1.21. The summed E-state index contributed by atoms with van der Waals surface area (Å²) < 4.78 is 10.0. The third-order valence-electron chi connectivity index (χ3n) is 6.09. The highest BCUT2D eigenvalue weighted by Gasteiger charge is 2.29. The highest BCUT2D eigenvalue weighted by Crippen LogP contribution is 2.44. The van der Waals surface area contributed by atoms with Crippen LogP contribution in [0.1, 0.15) is 49.7 Å². The summed E-state index contributed by atoms with van der Waals surface area (Å²) in [6, 6.07) is 14.3. The maximum absolute atomic E-state index is 12.5. The zero-order chi connectivity index (χ0) is 25.4. The van der Waals surface area contributed by atoms with Crippen molar-refractivity contribution in [2.24, 2.45) is 0 Å². The number of aliphatic carboxylic acids is 1. The number of carbonyl (C=O) groups excluding carboxylic acids is 3. The van der Waals surface area contributed by atoms with Gasteiger partial charge in [0.05, 0.1) is 7.11 Å². The lowest BCUT2D eigenvalue weighted by Crippen LogP contribution is -2.45. The monoisotopic (exact) mass is 482 g/mol. The fraction of sp³-hybridized carbons (Fsp3) is 0.385. The summed E-state index contributed by atoms with van der Waals surface area (Å²) in [4.78, 5) is 47.6. The number of benzene rings is 2. The van der Waals surface area contributed by atoms with Gasteiger partial charge in [0.15, 0.2) is 0 Å². The molecule has 0 saturated carbocycles. The second-order valence-electron chi connectivity index (χ2n) is 8.35. The van der Waals surface area contributed by atoms with Crippen LogP contribution in [0.2, 0.25) is 0 Å². The molecule has 0 radical (unpaired) electrons. The SMILES string of the molecule is CCC(CC(=O)NC(CCC(=O)OC)C(=O)O)NC(=O)OCC1c2ccccc2-c2ccccc21. The van der Waals surface area contributed by atoms with Crippen molar-refractivity contribution in [3.8, 4) is 11.1 Å². The summed E-state index contributed by atoms with van der Waals surface area (Å²) in [6.45, 7) is 1.95. The summed E-state index contributed by atoms with van der Waals surface area (Å²) in [5.74, 6) is -2.44. The first kappa shape index (κ1) is 25.7. The highest BCUT2D eigenvalue weighted by molar-refractivity contribution is 5.84. The molecule has 3 N–H and O–H groups in total. The number of hydrogen-bond acceptors (Lipinski definition) is 6. The summed E-state index contributed by atoms with van der Waals surface area (Å²) in [6.07, 6.45) is -0.556. The third-order valence-corrected chi connectivity index (χ3v) is 6.09. The molecule has 0 aromatic heterocycles. The normalized spacial score (nSPS) is 13.7. The predicted molar refractivity (Wildman–Crippen MR) is 128 cm³/mol. The van der Waals surface area contributed by atoms with E-state index in [2.05, 4.69) is 27.5 Å². The van der Waals surface area contributed by atoms with E-state index in [1.807, 2.05) is 36.4 Å². The van der Waals surface area contributed by atoms with Crippen molar-refractivity contribution in [2.75, 3.05) is 13.7 Å². The lowest BCUT2D eigenvalue weighted by atomic mass is 9.98. The average molecular weight is 483 g/mol. The van der Waals surface area contributed by atoms with Crippen LogP contribution in [0.3, 0.4) is 0 Å². The molecule has 0 aliphatic heterocycles. The molecule has 3 rings (SSSR count). The van der Waals surface area contributed by atoms with Crippen molar-refractivity contribution in [1.82, 2.24) is 10.6 Å². The molecule has 0 saturated heterocycles. The molecule has 1 aliphatic rings. The Bertz CT molecular complexity index is 1040. The molecule has 0 spiro atoms. The molecule has 0 bridgehead atoms. The van der Waals surface area contributed by atoms with Crippen LogP contribution in [-0.4, -0.2) is 54.8 Å². The number of rotatable bonds is 11. The smallest absolute Gasteiger partial charge is 0.407 e. The van der Waals surface area contributed by atoms with Crippen LogP contribution in [0, 0.1) is 0 Å². The number of fused-ring (bicyclic) bond motifs is 3. The predicted octanol–water partition coefficient (Wildman–Crippen LogP) is 3.22. The minimum atomic E-state index is -1.25. The standard InChI is InChI=1S/C26H30N2O7/c1-3-16(14-23(29)28-22(25(31)32)12-13-24(30)34-2)27-26(33)35-15-21-19-10-6-4-8-17(19)18-9-5-7-11-20(18)21/h4-11,16,21-22H,3,12-15H2,1-2H3,(H,27,33)(H,28,29)(H,31,32). The first-order valence-corrected chi connectivity index (χ1v) is 11.5. The number of carbonyl (C=O) groups is 4. The highest BCUT2D eigenvalue weighted by atomic mass is 16.5. The first-order chi connectivity index (χ1) is 16.8. The van der Waals surface area contributed by atoms with Gasteiger partial charge in [0.1, 0.15) is 12.6 Å². The van der Waals surface area contributed by atoms with Gasteiger partial charge in [-0.05, 0) is 35.1 Å². The number of carboxylic acid groups (broad SMARTS) is 1. The van der Waals surface area contributed by atoms with Crippen LogP contribution >= 0.6 is 0 Å². The van der Waals surface area contributed by atoms with E-state index in [0.717, 1.165) is 22.3 Å². The Morgan fingerprint density at radius 2 is 1.57 bits per heavy atom. The topological polar surface area (TPSA) is 131 Å². The van der Waals surface area contributed by atoms with Crippen molar-refractivity contribution in [1.29, 1.82) is 0 Å². The molecule has 2 atom stereocenters. The second kappa shape index (κ2) is 12.0. The molecule has 9 heteroatoms. The van der Waals surface area contributed by atoms with E-state index >= 15 is 0 Å². The molecule has 0 heterocycles. The molecule has 2 unspecified atom stereocenters. The summed E-state index contributed by atoms with van der Waals surface area (Å²) >= 11 is 0. The van der Waals surface area contributed by atoms with Crippen molar-refractivity contribution >= 4 is 23.9 Å². The van der Waals surface area contributed by atoms with Gasteiger partial charge in [0.25, 0.3) is 0 Å². The molecule has 2 aromatic carbocycles. The molecule has 0 fully saturated rings. The summed E-state index contributed by atoms with van der Waals surface area (Å²) in [5, 5.41) is 14.4. The molecule has 2 amide bonds. The van der Waals surface area contributed by atoms with E-state index < -0.39 is 36.0 Å². The molecule has 35 heavy (non-hydrogen) atoms. The number of esters is 1. The maximum Gasteiger partial charge on any atom is 0.407 e. The van der Waals surface area contributed by atoms with E-state index in [9.17, 15) is 24.3 Å². The Morgan fingerprint density at radius 1 is 0.971 bits per heavy atom. The number of carboxylic acids is 1. The van der Waals surface area contributed by atoms with Gasteiger partial charge < -0.3 is 25.2 Å². The maximum atomic E-state index is 12.5. The van der Waals surface area contributed by atoms with Gasteiger partial charge in [-0.3, -0.25) is 9.59 Å². The fourth-order valence-electron chi connectivity index (χ4n) is 4.20. The fourth-order valence-corrected chi connectivity index (χ4v) is 4.20. The van der Waals surface area contributed by atoms with Crippen LogP contribution in [-0.2, 0) is 23.9 Å². The lowest BCUT2D eigenvalue weighted by Gasteiger charge is -2.20. The Kier molecular flexibility index (Phi) is 8.83. The molecule has 2 aromatic rings. The Labute approximate surface area is 203 Å². The number of alkyl carbamates (subject to hydrolysis) is 1. The number of amides is 2. The minimum absolute atomic E-state index is 0.0809. The van der Waals surface area contributed by atoms with Crippen LogP contribution < -0.4 is 10.6 Å². The molecular weight excluding hydrogens is 452 g/mol.